The summed E-state index contributed by atoms with van der Waals surface area (Å²) in [6, 6.07) is 7.33. The molecule has 0 heterocycles. The lowest BCUT2D eigenvalue weighted by molar-refractivity contribution is -0.297. The Kier molecular flexibility index (Phi) is 3.53. The lowest BCUT2D eigenvalue weighted by Gasteiger charge is -1.97. The SMILES string of the molecule is O=C([O-])/C=C/c1cccc(CCl)c1. The minimum absolute atomic E-state index is 0.424. The summed E-state index contributed by atoms with van der Waals surface area (Å²) < 4.78 is 0. The molecule has 0 atom stereocenters. The van der Waals surface area contributed by atoms with Gasteiger partial charge in [-0.25, -0.2) is 0 Å². The highest BCUT2D eigenvalue weighted by Crippen LogP contribution is 2.08. The number of benzene rings is 1. The van der Waals surface area contributed by atoms with Crippen LogP contribution >= 0.6 is 11.6 Å². The van der Waals surface area contributed by atoms with Crippen LogP contribution in [0.5, 0.6) is 0 Å². The first-order valence-electron chi connectivity index (χ1n) is 3.76. The fraction of sp³-hybridized carbons (Fsp3) is 0.100. The molecule has 0 unspecified atom stereocenters. The number of carbonyl (C=O) groups is 1. The topological polar surface area (TPSA) is 40.1 Å². The molecule has 0 bridgehead atoms. The molecule has 0 aliphatic carbocycles. The molecule has 13 heavy (non-hydrogen) atoms. The lowest BCUT2D eigenvalue weighted by Crippen LogP contribution is -2.18. The van der Waals surface area contributed by atoms with Gasteiger partial charge in [0.1, 0.15) is 0 Å². The van der Waals surface area contributed by atoms with Gasteiger partial charge >= 0.3 is 0 Å². The molecule has 0 N–H and O–H groups in total. The number of halogens is 1. The molecule has 68 valence electrons. The largest absolute Gasteiger partial charge is 0.545 e. The summed E-state index contributed by atoms with van der Waals surface area (Å²) in [5, 5.41) is 10.1. The molecule has 0 aliphatic heterocycles. The second-order valence-electron chi connectivity index (χ2n) is 2.53. The molecule has 0 radical (unpaired) electrons. The molecule has 0 amide bonds. The van der Waals surface area contributed by atoms with Crippen molar-refractivity contribution < 1.29 is 9.90 Å². The normalized spacial score (nSPS) is 10.5. The molecular formula is C10H8ClO2-. The van der Waals surface area contributed by atoms with Gasteiger partial charge in [-0.2, -0.15) is 0 Å². The molecule has 0 saturated carbocycles. The predicted molar refractivity (Wildman–Crippen MR) is 50.0 cm³/mol. The zero-order chi connectivity index (χ0) is 9.68. The van der Waals surface area contributed by atoms with Gasteiger partial charge in [-0.3, -0.25) is 0 Å². The van der Waals surface area contributed by atoms with Crippen molar-refractivity contribution in [3.63, 3.8) is 0 Å². The third kappa shape index (κ3) is 3.30. The molecule has 1 aromatic rings. The van der Waals surface area contributed by atoms with E-state index in [9.17, 15) is 9.90 Å². The quantitative estimate of drug-likeness (QED) is 0.537. The van der Waals surface area contributed by atoms with Gasteiger partial charge in [-0.05, 0) is 17.2 Å². The van der Waals surface area contributed by atoms with Gasteiger partial charge in [0, 0.05) is 5.88 Å². The van der Waals surface area contributed by atoms with Crippen molar-refractivity contribution in [3.8, 4) is 0 Å². The summed E-state index contributed by atoms with van der Waals surface area (Å²) in [7, 11) is 0. The Labute approximate surface area is 81.5 Å². The molecule has 0 fully saturated rings. The molecule has 2 nitrogen and oxygen atoms in total. The van der Waals surface area contributed by atoms with E-state index >= 15 is 0 Å². The van der Waals surface area contributed by atoms with Crippen molar-refractivity contribution in [2.24, 2.45) is 0 Å². The van der Waals surface area contributed by atoms with Gasteiger partial charge in [0.25, 0.3) is 0 Å². The van der Waals surface area contributed by atoms with Crippen LogP contribution in [0.2, 0.25) is 0 Å². The number of carbonyl (C=O) groups excluding carboxylic acids is 1. The van der Waals surface area contributed by atoms with Crippen LogP contribution in [0.4, 0.5) is 0 Å². The Bertz CT molecular complexity index is 331. The Balaban J connectivity index is 2.83. The Morgan fingerprint density at radius 2 is 2.31 bits per heavy atom. The van der Waals surface area contributed by atoms with Gasteiger partial charge in [0.2, 0.25) is 0 Å². The molecule has 1 aromatic carbocycles. The van der Waals surface area contributed by atoms with E-state index in [4.69, 9.17) is 11.6 Å². The maximum absolute atomic E-state index is 10.1. The van der Waals surface area contributed by atoms with E-state index in [0.717, 1.165) is 17.2 Å². The van der Waals surface area contributed by atoms with Crippen molar-refractivity contribution >= 4 is 23.6 Å². The van der Waals surface area contributed by atoms with Gasteiger partial charge < -0.3 is 9.90 Å². The van der Waals surface area contributed by atoms with Crippen molar-refractivity contribution in [3.05, 3.63) is 41.5 Å². The van der Waals surface area contributed by atoms with Crippen molar-refractivity contribution in [2.75, 3.05) is 0 Å². The highest BCUT2D eigenvalue weighted by atomic mass is 35.5. The second kappa shape index (κ2) is 4.67. The van der Waals surface area contributed by atoms with Crippen LogP contribution in [-0.2, 0) is 10.7 Å². The summed E-state index contributed by atoms with van der Waals surface area (Å²) in [4.78, 5) is 10.1. The number of carboxylic acid groups (broad SMARTS) is 1. The van der Waals surface area contributed by atoms with Crippen LogP contribution < -0.4 is 5.11 Å². The molecule has 0 aliphatic rings. The summed E-state index contributed by atoms with van der Waals surface area (Å²) in [6.07, 6.45) is 2.47. The van der Waals surface area contributed by atoms with E-state index in [2.05, 4.69) is 0 Å². The van der Waals surface area contributed by atoms with Gasteiger partial charge in [-0.15, -0.1) is 11.6 Å². The maximum Gasteiger partial charge on any atom is 0.0643 e. The first-order chi connectivity index (χ1) is 6.22. The average Bonchev–Trinajstić information content (AvgIpc) is 2.15. The lowest BCUT2D eigenvalue weighted by atomic mass is 10.1. The summed E-state index contributed by atoms with van der Waals surface area (Å²) in [5.74, 6) is -0.774. The van der Waals surface area contributed by atoms with Gasteiger partial charge in [0.05, 0.1) is 5.97 Å². The van der Waals surface area contributed by atoms with Crippen LogP contribution in [0.25, 0.3) is 6.08 Å². The number of hydrogen-bond donors (Lipinski definition) is 0. The van der Waals surface area contributed by atoms with Crippen LogP contribution in [-0.4, -0.2) is 5.97 Å². The van der Waals surface area contributed by atoms with E-state index in [-0.39, 0.29) is 0 Å². The standard InChI is InChI=1S/C10H9ClO2/c11-7-9-3-1-2-8(6-9)4-5-10(12)13/h1-6H,7H2,(H,12,13)/p-1/b5-4+. The Morgan fingerprint density at radius 1 is 1.54 bits per heavy atom. The number of alkyl halides is 1. The van der Waals surface area contributed by atoms with E-state index in [1.54, 1.807) is 6.07 Å². The highest BCUT2D eigenvalue weighted by molar-refractivity contribution is 6.17. The summed E-state index contributed by atoms with van der Waals surface area (Å²) in [5.41, 5.74) is 1.77. The van der Waals surface area contributed by atoms with Crippen LogP contribution in [0.15, 0.2) is 30.3 Å². The number of rotatable bonds is 3. The van der Waals surface area contributed by atoms with Gasteiger partial charge in [-0.1, -0.05) is 30.3 Å². The first-order valence-corrected chi connectivity index (χ1v) is 4.30. The Morgan fingerprint density at radius 3 is 2.92 bits per heavy atom. The summed E-state index contributed by atoms with van der Waals surface area (Å²) >= 11 is 5.61. The Hall–Kier alpha value is -1.28. The van der Waals surface area contributed by atoms with Crippen molar-refractivity contribution in [2.45, 2.75) is 5.88 Å². The monoisotopic (exact) mass is 195 g/mol. The van der Waals surface area contributed by atoms with E-state index in [1.165, 1.54) is 6.08 Å². The zero-order valence-corrected chi connectivity index (χ0v) is 7.62. The van der Waals surface area contributed by atoms with Gasteiger partial charge in [0.15, 0.2) is 0 Å². The summed E-state index contributed by atoms with van der Waals surface area (Å²) in [6.45, 7) is 0. The minimum atomic E-state index is -1.20. The van der Waals surface area contributed by atoms with Crippen LogP contribution in [0.1, 0.15) is 11.1 Å². The van der Waals surface area contributed by atoms with Crippen LogP contribution in [0.3, 0.4) is 0 Å². The molecule has 0 aromatic heterocycles. The van der Waals surface area contributed by atoms with E-state index in [1.807, 2.05) is 18.2 Å². The van der Waals surface area contributed by atoms with E-state index < -0.39 is 5.97 Å². The predicted octanol–water partition coefficient (Wildman–Crippen LogP) is 1.19. The van der Waals surface area contributed by atoms with Crippen molar-refractivity contribution in [1.82, 2.24) is 0 Å². The molecule has 3 heteroatoms. The molecule has 1 rings (SSSR count). The van der Waals surface area contributed by atoms with E-state index in [0.29, 0.717) is 5.88 Å². The zero-order valence-electron chi connectivity index (χ0n) is 6.87. The van der Waals surface area contributed by atoms with Crippen molar-refractivity contribution in [1.29, 1.82) is 0 Å². The second-order valence-corrected chi connectivity index (χ2v) is 2.80. The molecule has 0 spiro atoms. The number of carboxylic acids is 1. The molecular weight excluding hydrogens is 188 g/mol. The smallest absolute Gasteiger partial charge is 0.0643 e. The fourth-order valence-electron chi connectivity index (χ4n) is 0.944. The number of hydrogen-bond acceptors (Lipinski definition) is 2. The third-order valence-corrected chi connectivity index (χ3v) is 1.83. The molecule has 0 saturated heterocycles. The minimum Gasteiger partial charge on any atom is -0.545 e. The van der Waals surface area contributed by atoms with Crippen LogP contribution in [0, 0.1) is 0 Å². The average molecular weight is 196 g/mol. The highest BCUT2D eigenvalue weighted by Gasteiger charge is 1.90. The first kappa shape index (κ1) is 9.81. The maximum atomic E-state index is 10.1. The number of aliphatic carboxylic acids is 1. The fourth-order valence-corrected chi connectivity index (χ4v) is 1.11. The third-order valence-electron chi connectivity index (χ3n) is 1.52.